The minimum absolute atomic E-state index is 0.00958. The molecule has 1 aromatic carbocycles. The number of nitrogens with zero attached hydrogens (tertiary/aromatic N) is 2. The molecule has 0 aliphatic carbocycles. The third-order valence-electron chi connectivity index (χ3n) is 4.36. The van der Waals surface area contributed by atoms with E-state index in [-0.39, 0.29) is 46.9 Å². The minimum atomic E-state index is -0.673. The van der Waals surface area contributed by atoms with Gasteiger partial charge in [0.1, 0.15) is 22.5 Å². The lowest BCUT2D eigenvalue weighted by molar-refractivity contribution is -0.123. The maximum absolute atomic E-state index is 12.8. The second-order valence-electron chi connectivity index (χ2n) is 6.44. The summed E-state index contributed by atoms with van der Waals surface area (Å²) in [4.78, 5) is 37.7. The summed E-state index contributed by atoms with van der Waals surface area (Å²) in [6, 6.07) is 5.62. The number of rotatable bonds is 8. The summed E-state index contributed by atoms with van der Waals surface area (Å²) in [5, 5.41) is 11.4. The van der Waals surface area contributed by atoms with Gasteiger partial charge in [0, 0.05) is 4.47 Å². The SMILES string of the molecule is CCOc1cc(/C=C2\NC(=O)N(Cc3ccc(C(=O)OC)o3)C2=O)c(Br)c(Cl)c1OCC#N. The first kappa shape index (κ1) is 24.2. The number of halogens is 2. The van der Waals surface area contributed by atoms with Crippen LogP contribution in [0.15, 0.2) is 32.8 Å². The zero-order chi connectivity index (χ0) is 24.1. The fraction of sp³-hybridized carbons (Fsp3) is 0.238. The molecule has 12 heteroatoms. The van der Waals surface area contributed by atoms with E-state index in [2.05, 4.69) is 26.0 Å². The van der Waals surface area contributed by atoms with E-state index in [1.165, 1.54) is 25.3 Å². The molecule has 0 atom stereocenters. The van der Waals surface area contributed by atoms with Gasteiger partial charge in [0.15, 0.2) is 18.1 Å². The average molecular weight is 539 g/mol. The molecular weight excluding hydrogens is 522 g/mol. The van der Waals surface area contributed by atoms with Crippen molar-refractivity contribution in [2.75, 3.05) is 20.3 Å². The van der Waals surface area contributed by atoms with Gasteiger partial charge in [0.2, 0.25) is 5.76 Å². The molecule has 3 amide bonds. The molecule has 2 heterocycles. The highest BCUT2D eigenvalue weighted by atomic mass is 79.9. The van der Waals surface area contributed by atoms with E-state index in [1.54, 1.807) is 13.0 Å². The Morgan fingerprint density at radius 1 is 1.36 bits per heavy atom. The normalized spacial score (nSPS) is 14.3. The van der Waals surface area contributed by atoms with Gasteiger partial charge in [-0.05, 0) is 52.7 Å². The molecule has 1 N–H and O–H groups in total. The Balaban J connectivity index is 1.88. The third kappa shape index (κ3) is 5.13. The number of carbonyl (C=O) groups excluding carboxylic acids is 3. The Labute approximate surface area is 201 Å². The number of furan rings is 1. The van der Waals surface area contributed by atoms with Gasteiger partial charge >= 0.3 is 12.0 Å². The predicted molar refractivity (Wildman–Crippen MR) is 119 cm³/mol. The van der Waals surface area contributed by atoms with Gasteiger partial charge in [-0.2, -0.15) is 5.26 Å². The lowest BCUT2D eigenvalue weighted by Crippen LogP contribution is -2.30. The molecule has 0 bridgehead atoms. The molecule has 0 spiro atoms. The van der Waals surface area contributed by atoms with Crippen LogP contribution < -0.4 is 14.8 Å². The summed E-state index contributed by atoms with van der Waals surface area (Å²) in [6.45, 7) is 1.64. The zero-order valence-corrected chi connectivity index (χ0v) is 19.8. The van der Waals surface area contributed by atoms with E-state index in [1.807, 2.05) is 6.07 Å². The summed E-state index contributed by atoms with van der Waals surface area (Å²) in [5.41, 5.74) is 0.425. The molecule has 0 saturated carbocycles. The second kappa shape index (κ2) is 10.4. The summed E-state index contributed by atoms with van der Waals surface area (Å²) in [6.07, 6.45) is 1.43. The van der Waals surface area contributed by atoms with Crippen molar-refractivity contribution in [3.8, 4) is 17.6 Å². The molecule has 1 saturated heterocycles. The predicted octanol–water partition coefficient (Wildman–Crippen LogP) is 3.88. The quantitative estimate of drug-likeness (QED) is 0.304. The highest BCUT2D eigenvalue weighted by molar-refractivity contribution is 9.10. The molecule has 10 nitrogen and oxygen atoms in total. The van der Waals surface area contributed by atoms with Crippen molar-refractivity contribution < 1.29 is 33.0 Å². The van der Waals surface area contributed by atoms with Crippen LogP contribution in [0.4, 0.5) is 4.79 Å². The first-order chi connectivity index (χ1) is 15.8. The number of hydrogen-bond acceptors (Lipinski definition) is 8. The van der Waals surface area contributed by atoms with Crippen LogP contribution in [0.1, 0.15) is 28.8 Å². The maximum Gasteiger partial charge on any atom is 0.373 e. The monoisotopic (exact) mass is 537 g/mol. The van der Waals surface area contributed by atoms with Gasteiger partial charge in [-0.15, -0.1) is 0 Å². The number of nitrogens with one attached hydrogen (secondary N) is 1. The molecule has 33 heavy (non-hydrogen) atoms. The Kier molecular flexibility index (Phi) is 7.63. The van der Waals surface area contributed by atoms with Gasteiger partial charge in [-0.1, -0.05) is 11.6 Å². The van der Waals surface area contributed by atoms with Crippen LogP contribution in [0.5, 0.6) is 11.5 Å². The number of urea groups is 1. The lowest BCUT2D eigenvalue weighted by atomic mass is 10.1. The number of methoxy groups -OCH3 is 1. The van der Waals surface area contributed by atoms with E-state index in [9.17, 15) is 14.4 Å². The molecular formula is C21H17BrClN3O7. The van der Waals surface area contributed by atoms with E-state index >= 15 is 0 Å². The zero-order valence-electron chi connectivity index (χ0n) is 17.4. The third-order valence-corrected chi connectivity index (χ3v) is 5.80. The molecule has 1 aliphatic rings. The van der Waals surface area contributed by atoms with Crippen LogP contribution in [0.3, 0.4) is 0 Å². The van der Waals surface area contributed by atoms with Crippen molar-refractivity contribution in [1.29, 1.82) is 5.26 Å². The number of imide groups is 1. The molecule has 0 radical (unpaired) electrons. The van der Waals surface area contributed by atoms with E-state index in [0.717, 1.165) is 4.90 Å². The number of carbonyl (C=O) groups is 3. The largest absolute Gasteiger partial charge is 0.490 e. The van der Waals surface area contributed by atoms with Gasteiger partial charge in [-0.3, -0.25) is 9.69 Å². The van der Waals surface area contributed by atoms with Crippen LogP contribution in [0.25, 0.3) is 6.08 Å². The van der Waals surface area contributed by atoms with Crippen molar-refractivity contribution in [2.45, 2.75) is 13.5 Å². The summed E-state index contributed by atoms with van der Waals surface area (Å²) in [5.74, 6) is -0.656. The number of esters is 1. The van der Waals surface area contributed by atoms with Crippen molar-refractivity contribution in [1.82, 2.24) is 10.2 Å². The maximum atomic E-state index is 12.8. The van der Waals surface area contributed by atoms with Crippen molar-refractivity contribution >= 4 is 51.5 Å². The number of ether oxygens (including phenoxy) is 3. The van der Waals surface area contributed by atoms with E-state index < -0.39 is 17.9 Å². The van der Waals surface area contributed by atoms with Crippen LogP contribution in [0, 0.1) is 11.3 Å². The number of benzene rings is 1. The molecule has 1 aliphatic heterocycles. The number of amides is 3. The summed E-state index contributed by atoms with van der Waals surface area (Å²) < 4.78 is 21.2. The second-order valence-corrected chi connectivity index (χ2v) is 7.61. The van der Waals surface area contributed by atoms with Gasteiger partial charge < -0.3 is 23.9 Å². The fourth-order valence-electron chi connectivity index (χ4n) is 2.91. The smallest absolute Gasteiger partial charge is 0.373 e. The summed E-state index contributed by atoms with van der Waals surface area (Å²) in [7, 11) is 1.21. The van der Waals surface area contributed by atoms with Crippen molar-refractivity contribution in [3.05, 3.63) is 50.5 Å². The Morgan fingerprint density at radius 3 is 2.79 bits per heavy atom. The first-order valence-corrected chi connectivity index (χ1v) is 10.6. The van der Waals surface area contributed by atoms with E-state index in [0.29, 0.717) is 16.6 Å². The standard InChI is InChI=1S/C21H17BrClN3O7/c1-3-31-15-9-11(16(22)17(23)18(15)32-7-6-24)8-13-19(27)26(21(29)25-13)10-12-4-5-14(33-12)20(28)30-2/h4-5,8-9H,3,7,10H2,1-2H3,(H,25,29)/b13-8-. The van der Waals surface area contributed by atoms with Crippen LogP contribution in [-0.4, -0.2) is 43.1 Å². The van der Waals surface area contributed by atoms with Gasteiger partial charge in [0.05, 0.1) is 20.3 Å². The van der Waals surface area contributed by atoms with Crippen LogP contribution in [0.2, 0.25) is 5.02 Å². The van der Waals surface area contributed by atoms with Crippen molar-refractivity contribution in [2.24, 2.45) is 0 Å². The minimum Gasteiger partial charge on any atom is -0.490 e. The van der Waals surface area contributed by atoms with Crippen LogP contribution in [-0.2, 0) is 16.1 Å². The Hall–Kier alpha value is -3.49. The van der Waals surface area contributed by atoms with Crippen LogP contribution >= 0.6 is 27.5 Å². The topological polar surface area (TPSA) is 131 Å². The Bertz CT molecular complexity index is 1190. The lowest BCUT2D eigenvalue weighted by Gasteiger charge is -2.15. The molecule has 1 aromatic heterocycles. The van der Waals surface area contributed by atoms with Gasteiger partial charge in [0.25, 0.3) is 5.91 Å². The molecule has 2 aromatic rings. The fourth-order valence-corrected chi connectivity index (χ4v) is 3.58. The number of nitriles is 1. The highest BCUT2D eigenvalue weighted by Gasteiger charge is 2.35. The highest BCUT2D eigenvalue weighted by Crippen LogP contribution is 2.43. The summed E-state index contributed by atoms with van der Waals surface area (Å²) >= 11 is 9.73. The molecule has 1 fully saturated rings. The van der Waals surface area contributed by atoms with E-state index in [4.69, 9.17) is 30.8 Å². The molecule has 172 valence electrons. The molecule has 0 unspecified atom stereocenters. The van der Waals surface area contributed by atoms with Gasteiger partial charge in [-0.25, -0.2) is 9.59 Å². The number of hydrogen-bond donors (Lipinski definition) is 1. The Morgan fingerprint density at radius 2 is 2.12 bits per heavy atom. The van der Waals surface area contributed by atoms with Crippen molar-refractivity contribution in [3.63, 3.8) is 0 Å². The first-order valence-electron chi connectivity index (χ1n) is 9.46. The average Bonchev–Trinajstić information content (AvgIpc) is 3.37. The molecule has 3 rings (SSSR count).